The lowest BCUT2D eigenvalue weighted by atomic mass is 9.92. The minimum atomic E-state index is -0.771. The Morgan fingerprint density at radius 2 is 1.55 bits per heavy atom. The molecule has 0 aliphatic carbocycles. The average molecular weight is 303 g/mol. The SMILES string of the molecule is CC(C(C)C1(C)OCCCO1)N1C(=O)c2ccccc2C1=O. The van der Waals surface area contributed by atoms with Crippen molar-refractivity contribution in [3.63, 3.8) is 0 Å². The van der Waals surface area contributed by atoms with Crippen LogP contribution in [-0.4, -0.2) is 41.8 Å². The topological polar surface area (TPSA) is 55.8 Å². The number of hydrogen-bond acceptors (Lipinski definition) is 4. The summed E-state index contributed by atoms with van der Waals surface area (Å²) in [6.45, 7) is 6.98. The van der Waals surface area contributed by atoms with Crippen molar-refractivity contribution in [1.29, 1.82) is 0 Å². The molecule has 0 saturated carbocycles. The molecule has 0 N–H and O–H groups in total. The van der Waals surface area contributed by atoms with E-state index in [0.717, 1.165) is 6.42 Å². The third kappa shape index (κ3) is 2.25. The number of fused-ring (bicyclic) bond motifs is 1. The van der Waals surface area contributed by atoms with Crippen LogP contribution in [0.3, 0.4) is 0 Å². The van der Waals surface area contributed by atoms with Crippen LogP contribution < -0.4 is 0 Å². The highest BCUT2D eigenvalue weighted by atomic mass is 16.7. The molecule has 118 valence electrons. The van der Waals surface area contributed by atoms with E-state index in [1.807, 2.05) is 20.8 Å². The fraction of sp³-hybridized carbons (Fsp3) is 0.529. The zero-order valence-electron chi connectivity index (χ0n) is 13.2. The van der Waals surface area contributed by atoms with E-state index >= 15 is 0 Å². The quantitative estimate of drug-likeness (QED) is 0.805. The van der Waals surface area contributed by atoms with Crippen molar-refractivity contribution in [1.82, 2.24) is 4.90 Å². The molecule has 2 aliphatic rings. The van der Waals surface area contributed by atoms with Crippen LogP contribution in [0.5, 0.6) is 0 Å². The van der Waals surface area contributed by atoms with Crippen LogP contribution in [0.4, 0.5) is 0 Å². The van der Waals surface area contributed by atoms with E-state index in [0.29, 0.717) is 24.3 Å². The Kier molecular flexibility index (Phi) is 3.78. The Hall–Kier alpha value is -1.72. The van der Waals surface area contributed by atoms with Crippen molar-refractivity contribution < 1.29 is 19.1 Å². The molecule has 2 atom stereocenters. The Morgan fingerprint density at radius 3 is 2.05 bits per heavy atom. The van der Waals surface area contributed by atoms with E-state index in [4.69, 9.17) is 9.47 Å². The summed E-state index contributed by atoms with van der Waals surface area (Å²) in [5, 5.41) is 0. The van der Waals surface area contributed by atoms with E-state index in [-0.39, 0.29) is 23.8 Å². The molecule has 3 rings (SSSR count). The molecule has 5 nitrogen and oxygen atoms in total. The standard InChI is InChI=1S/C17H21NO4/c1-11(17(3)21-9-6-10-22-17)12(2)18-15(19)13-7-4-5-8-14(13)16(18)20/h4-5,7-8,11-12H,6,9-10H2,1-3H3. The number of amides is 2. The Morgan fingerprint density at radius 1 is 1.05 bits per heavy atom. The van der Waals surface area contributed by atoms with Gasteiger partial charge in [-0.15, -0.1) is 0 Å². The molecule has 2 heterocycles. The van der Waals surface area contributed by atoms with Gasteiger partial charge in [0.05, 0.1) is 24.3 Å². The molecule has 2 unspecified atom stereocenters. The van der Waals surface area contributed by atoms with Crippen LogP contribution >= 0.6 is 0 Å². The van der Waals surface area contributed by atoms with Gasteiger partial charge in [-0.25, -0.2) is 0 Å². The predicted octanol–water partition coefficient (Wildman–Crippen LogP) is 2.46. The highest BCUT2D eigenvalue weighted by Gasteiger charge is 2.46. The van der Waals surface area contributed by atoms with E-state index < -0.39 is 5.79 Å². The van der Waals surface area contributed by atoms with Crippen LogP contribution in [-0.2, 0) is 9.47 Å². The summed E-state index contributed by atoms with van der Waals surface area (Å²) in [5.41, 5.74) is 0.948. The third-order valence-electron chi connectivity index (χ3n) is 4.85. The minimum Gasteiger partial charge on any atom is -0.350 e. The highest BCUT2D eigenvalue weighted by Crippen LogP contribution is 2.34. The molecule has 0 bridgehead atoms. The van der Waals surface area contributed by atoms with Crippen molar-refractivity contribution in [3.8, 4) is 0 Å². The number of carbonyl (C=O) groups is 2. The Bertz CT molecular complexity index is 571. The zero-order valence-corrected chi connectivity index (χ0v) is 13.2. The number of imide groups is 1. The Labute approximate surface area is 130 Å². The molecule has 0 radical (unpaired) electrons. The van der Waals surface area contributed by atoms with Gasteiger partial charge in [0.15, 0.2) is 5.79 Å². The number of ether oxygens (including phenoxy) is 2. The van der Waals surface area contributed by atoms with E-state index in [1.165, 1.54) is 4.90 Å². The number of rotatable bonds is 3. The Balaban J connectivity index is 1.85. The first-order valence-electron chi connectivity index (χ1n) is 7.70. The number of benzene rings is 1. The van der Waals surface area contributed by atoms with E-state index in [1.54, 1.807) is 24.3 Å². The largest absolute Gasteiger partial charge is 0.350 e. The summed E-state index contributed by atoms with van der Waals surface area (Å²) in [7, 11) is 0. The summed E-state index contributed by atoms with van der Waals surface area (Å²) in [5.74, 6) is -1.37. The maximum atomic E-state index is 12.6. The van der Waals surface area contributed by atoms with Crippen LogP contribution in [0, 0.1) is 5.92 Å². The number of hydrogen-bond donors (Lipinski definition) is 0. The first-order valence-corrected chi connectivity index (χ1v) is 7.70. The lowest BCUT2D eigenvalue weighted by molar-refractivity contribution is -0.285. The fourth-order valence-electron chi connectivity index (χ4n) is 3.15. The monoisotopic (exact) mass is 303 g/mol. The lowest BCUT2D eigenvalue weighted by Gasteiger charge is -2.42. The zero-order chi connectivity index (χ0) is 15.9. The summed E-state index contributed by atoms with van der Waals surface area (Å²) < 4.78 is 11.6. The predicted molar refractivity (Wildman–Crippen MR) is 80.5 cm³/mol. The van der Waals surface area contributed by atoms with Gasteiger partial charge in [0.2, 0.25) is 0 Å². The molecule has 22 heavy (non-hydrogen) atoms. The number of nitrogens with zero attached hydrogens (tertiary/aromatic N) is 1. The van der Waals surface area contributed by atoms with Gasteiger partial charge in [0, 0.05) is 12.0 Å². The molecular weight excluding hydrogens is 282 g/mol. The molecule has 5 heteroatoms. The van der Waals surface area contributed by atoms with Crippen LogP contribution in [0.2, 0.25) is 0 Å². The van der Waals surface area contributed by atoms with Gasteiger partial charge in [-0.2, -0.15) is 0 Å². The smallest absolute Gasteiger partial charge is 0.261 e. The molecular formula is C17H21NO4. The maximum Gasteiger partial charge on any atom is 0.261 e. The first-order chi connectivity index (χ1) is 10.5. The van der Waals surface area contributed by atoms with Crippen molar-refractivity contribution in [2.24, 2.45) is 5.92 Å². The van der Waals surface area contributed by atoms with Crippen LogP contribution in [0.15, 0.2) is 24.3 Å². The summed E-state index contributed by atoms with van der Waals surface area (Å²) in [4.78, 5) is 26.5. The van der Waals surface area contributed by atoms with Crippen molar-refractivity contribution in [2.45, 2.75) is 39.0 Å². The number of carbonyl (C=O) groups excluding carboxylic acids is 2. The van der Waals surface area contributed by atoms with Crippen LogP contribution in [0.1, 0.15) is 47.9 Å². The summed E-state index contributed by atoms with van der Waals surface area (Å²) in [6.07, 6.45) is 0.865. The fourth-order valence-corrected chi connectivity index (χ4v) is 3.15. The molecule has 2 amide bonds. The third-order valence-corrected chi connectivity index (χ3v) is 4.85. The molecule has 1 aromatic rings. The molecule has 0 spiro atoms. The van der Waals surface area contributed by atoms with E-state index in [2.05, 4.69) is 0 Å². The van der Waals surface area contributed by atoms with Gasteiger partial charge in [-0.1, -0.05) is 19.1 Å². The average Bonchev–Trinajstić information content (AvgIpc) is 2.79. The van der Waals surface area contributed by atoms with Gasteiger partial charge in [-0.05, 0) is 32.4 Å². The molecule has 0 aromatic heterocycles. The molecule has 1 saturated heterocycles. The van der Waals surface area contributed by atoms with Crippen molar-refractivity contribution in [2.75, 3.05) is 13.2 Å². The van der Waals surface area contributed by atoms with Crippen molar-refractivity contribution in [3.05, 3.63) is 35.4 Å². The molecule has 2 aliphatic heterocycles. The molecule has 1 fully saturated rings. The van der Waals surface area contributed by atoms with Gasteiger partial charge in [-0.3, -0.25) is 14.5 Å². The highest BCUT2D eigenvalue weighted by molar-refractivity contribution is 6.21. The second-order valence-electron chi connectivity index (χ2n) is 6.12. The summed E-state index contributed by atoms with van der Waals surface area (Å²) >= 11 is 0. The lowest BCUT2D eigenvalue weighted by Crippen LogP contribution is -2.53. The maximum absolute atomic E-state index is 12.6. The van der Waals surface area contributed by atoms with Gasteiger partial charge >= 0.3 is 0 Å². The summed E-state index contributed by atoms with van der Waals surface area (Å²) in [6, 6.07) is 6.63. The second kappa shape index (κ2) is 5.48. The normalized spacial score (nSPS) is 23.3. The molecule has 1 aromatic carbocycles. The first kappa shape index (κ1) is 15.2. The van der Waals surface area contributed by atoms with Crippen LogP contribution in [0.25, 0.3) is 0 Å². The minimum absolute atomic E-state index is 0.130. The second-order valence-corrected chi connectivity index (χ2v) is 6.12. The van der Waals surface area contributed by atoms with Gasteiger partial charge in [0.1, 0.15) is 0 Å². The van der Waals surface area contributed by atoms with E-state index in [9.17, 15) is 9.59 Å². The van der Waals surface area contributed by atoms with Gasteiger partial charge < -0.3 is 9.47 Å². The van der Waals surface area contributed by atoms with Crippen molar-refractivity contribution >= 4 is 11.8 Å². The van der Waals surface area contributed by atoms with Gasteiger partial charge in [0.25, 0.3) is 11.8 Å².